The van der Waals surface area contributed by atoms with Crippen LogP contribution in [0.25, 0.3) is 0 Å². The Labute approximate surface area is 223 Å². The lowest BCUT2D eigenvalue weighted by Crippen LogP contribution is -2.36. The van der Waals surface area contributed by atoms with E-state index < -0.39 is 5.82 Å². The van der Waals surface area contributed by atoms with Crippen molar-refractivity contribution in [3.8, 4) is 0 Å². The normalized spacial score (nSPS) is 22.8. The predicted octanol–water partition coefficient (Wildman–Crippen LogP) is 5.34. The Bertz CT molecular complexity index is 1030. The summed E-state index contributed by atoms with van der Waals surface area (Å²) >= 11 is 6.12. The maximum atomic E-state index is 14.2. The molecule has 8 heteroatoms. The van der Waals surface area contributed by atoms with E-state index in [-0.39, 0.29) is 46.8 Å². The minimum absolute atomic E-state index is 0. The molecule has 5 rings (SSSR count). The molecule has 0 spiro atoms. The molecule has 3 atom stereocenters. The van der Waals surface area contributed by atoms with Crippen LogP contribution in [0.1, 0.15) is 54.1 Å². The molecule has 194 valence electrons. The van der Waals surface area contributed by atoms with Crippen LogP contribution >= 0.6 is 24.0 Å². The zero-order valence-electron chi connectivity index (χ0n) is 20.4. The topological polar surface area (TPSA) is 52.7 Å². The number of hydrogen-bond donors (Lipinski definition) is 1. The summed E-state index contributed by atoms with van der Waals surface area (Å²) in [6.07, 6.45) is 5.14. The van der Waals surface area contributed by atoms with Gasteiger partial charge in [-0.2, -0.15) is 0 Å². The van der Waals surface area contributed by atoms with Gasteiger partial charge in [-0.1, -0.05) is 60.8 Å². The Morgan fingerprint density at radius 3 is 2.28 bits per heavy atom. The molecule has 1 N–H and O–H groups in total. The van der Waals surface area contributed by atoms with E-state index in [0.717, 1.165) is 57.3 Å². The van der Waals surface area contributed by atoms with Gasteiger partial charge in [-0.15, -0.1) is 12.4 Å². The van der Waals surface area contributed by atoms with Gasteiger partial charge in [0.25, 0.3) is 5.91 Å². The molecule has 0 bridgehead atoms. The van der Waals surface area contributed by atoms with Gasteiger partial charge in [0.05, 0.1) is 16.6 Å². The zero-order chi connectivity index (χ0) is 24.4. The van der Waals surface area contributed by atoms with Gasteiger partial charge in [-0.05, 0) is 48.8 Å². The lowest BCUT2D eigenvalue weighted by atomic mass is 10.0. The Balaban J connectivity index is 0.00000304. The number of rotatable bonds is 7. The number of benzene rings is 2. The predicted molar refractivity (Wildman–Crippen MR) is 142 cm³/mol. The third-order valence-corrected chi connectivity index (χ3v) is 8.32. The molecule has 0 aromatic heterocycles. The summed E-state index contributed by atoms with van der Waals surface area (Å²) in [6.45, 7) is 3.98. The molecule has 5 nitrogen and oxygen atoms in total. The minimum atomic E-state index is -0.562. The van der Waals surface area contributed by atoms with Crippen LogP contribution < -0.4 is 5.32 Å². The fraction of sp³-hybridized carbons (Fsp3) is 0.500. The van der Waals surface area contributed by atoms with E-state index in [9.17, 15) is 14.0 Å². The van der Waals surface area contributed by atoms with Crippen LogP contribution in [-0.4, -0.2) is 54.3 Å². The first-order chi connectivity index (χ1) is 17.0. The van der Waals surface area contributed by atoms with Crippen LogP contribution in [0, 0.1) is 23.6 Å². The lowest BCUT2D eigenvalue weighted by Gasteiger charge is -2.26. The number of carbonyl (C=O) groups is 2. The summed E-state index contributed by atoms with van der Waals surface area (Å²) in [4.78, 5) is 30.0. The number of hydrogen-bond acceptors (Lipinski definition) is 3. The summed E-state index contributed by atoms with van der Waals surface area (Å²) in [5.74, 6) is 0.232. The molecule has 2 aliphatic heterocycles. The molecule has 2 unspecified atom stereocenters. The SMILES string of the molecule is Cl.O=C(NC(CCN1CC2CN(C(=O)c3c(F)cccc3Cl)C[C@@H]2C1)c1ccccc1)C1CCCC1. The van der Waals surface area contributed by atoms with Gasteiger partial charge in [-0.3, -0.25) is 9.59 Å². The number of nitrogens with one attached hydrogen (secondary N) is 1. The fourth-order valence-electron chi connectivity index (χ4n) is 6.10. The third kappa shape index (κ3) is 5.87. The molecule has 2 amide bonds. The van der Waals surface area contributed by atoms with Gasteiger partial charge in [0.15, 0.2) is 0 Å². The summed E-state index contributed by atoms with van der Waals surface area (Å²) in [6, 6.07) is 14.6. The van der Waals surface area contributed by atoms with Crippen molar-refractivity contribution >= 4 is 35.8 Å². The van der Waals surface area contributed by atoms with Crippen molar-refractivity contribution in [2.45, 2.75) is 38.1 Å². The average molecular weight is 535 g/mol. The van der Waals surface area contributed by atoms with Crippen LogP contribution in [0.5, 0.6) is 0 Å². The summed E-state index contributed by atoms with van der Waals surface area (Å²) in [7, 11) is 0. The number of carbonyl (C=O) groups excluding carboxylic acids is 2. The number of fused-ring (bicyclic) bond motifs is 1. The maximum Gasteiger partial charge on any atom is 0.258 e. The van der Waals surface area contributed by atoms with Crippen LogP contribution in [-0.2, 0) is 4.79 Å². The monoisotopic (exact) mass is 533 g/mol. The highest BCUT2D eigenvalue weighted by atomic mass is 35.5. The molecule has 36 heavy (non-hydrogen) atoms. The molecular formula is C28H34Cl2FN3O2. The van der Waals surface area contributed by atoms with Crippen LogP contribution in [0.15, 0.2) is 48.5 Å². The highest BCUT2D eigenvalue weighted by Gasteiger charge is 2.42. The first kappa shape index (κ1) is 26.9. The third-order valence-electron chi connectivity index (χ3n) is 8.00. The molecule has 2 heterocycles. The highest BCUT2D eigenvalue weighted by molar-refractivity contribution is 6.33. The Morgan fingerprint density at radius 2 is 1.64 bits per heavy atom. The van der Waals surface area contributed by atoms with Crippen molar-refractivity contribution in [3.05, 3.63) is 70.5 Å². The van der Waals surface area contributed by atoms with Crippen LogP contribution in [0.2, 0.25) is 5.02 Å². The standard InChI is InChI=1S/C28H33ClFN3O2.ClH/c29-23-11-6-12-24(30)26(23)28(35)33-17-21-15-32(16-22(21)18-33)14-13-25(19-7-2-1-3-8-19)31-27(34)20-9-4-5-10-20;/h1-3,6-8,11-12,20-22,25H,4-5,9-10,13-18H2,(H,31,34);1H/t21-,22?,25?;/m0./s1. The van der Waals surface area contributed by atoms with Crippen molar-refractivity contribution in [1.29, 1.82) is 0 Å². The van der Waals surface area contributed by atoms with Gasteiger partial charge in [0.1, 0.15) is 5.82 Å². The quantitative estimate of drug-likeness (QED) is 0.522. The smallest absolute Gasteiger partial charge is 0.258 e. The van der Waals surface area contributed by atoms with Gasteiger partial charge >= 0.3 is 0 Å². The summed E-state index contributed by atoms with van der Waals surface area (Å²) in [5.41, 5.74) is 1.13. The largest absolute Gasteiger partial charge is 0.349 e. The van der Waals surface area contributed by atoms with Crippen molar-refractivity contribution in [2.75, 3.05) is 32.7 Å². The molecule has 2 aromatic rings. The van der Waals surface area contributed by atoms with Gasteiger partial charge in [0, 0.05) is 38.6 Å². The van der Waals surface area contributed by atoms with E-state index in [1.807, 2.05) is 18.2 Å². The molecule has 3 aliphatic rings. The second kappa shape index (κ2) is 11.9. The molecular weight excluding hydrogens is 500 g/mol. The second-order valence-electron chi connectivity index (χ2n) is 10.3. The van der Waals surface area contributed by atoms with E-state index in [2.05, 4.69) is 22.3 Å². The molecule has 3 fully saturated rings. The minimum Gasteiger partial charge on any atom is -0.349 e. The zero-order valence-corrected chi connectivity index (χ0v) is 21.9. The van der Waals surface area contributed by atoms with Crippen LogP contribution in [0.4, 0.5) is 4.39 Å². The van der Waals surface area contributed by atoms with Crippen molar-refractivity contribution in [3.63, 3.8) is 0 Å². The maximum absolute atomic E-state index is 14.2. The van der Waals surface area contributed by atoms with Gasteiger partial charge in [0.2, 0.25) is 5.91 Å². The van der Waals surface area contributed by atoms with E-state index in [1.165, 1.54) is 12.1 Å². The van der Waals surface area contributed by atoms with Gasteiger partial charge in [-0.25, -0.2) is 4.39 Å². The number of amides is 2. The molecule has 1 saturated carbocycles. The molecule has 0 radical (unpaired) electrons. The fourth-order valence-corrected chi connectivity index (χ4v) is 6.34. The lowest BCUT2D eigenvalue weighted by molar-refractivity contribution is -0.125. The summed E-state index contributed by atoms with van der Waals surface area (Å²) < 4.78 is 14.2. The second-order valence-corrected chi connectivity index (χ2v) is 10.7. The number of nitrogens with zero attached hydrogens (tertiary/aromatic N) is 2. The van der Waals surface area contributed by atoms with E-state index in [4.69, 9.17) is 11.6 Å². The number of likely N-dealkylation sites (tertiary alicyclic amines) is 2. The van der Waals surface area contributed by atoms with Crippen molar-refractivity contribution < 1.29 is 14.0 Å². The van der Waals surface area contributed by atoms with Crippen LogP contribution in [0.3, 0.4) is 0 Å². The van der Waals surface area contributed by atoms with E-state index in [0.29, 0.717) is 24.9 Å². The Morgan fingerprint density at radius 1 is 0.972 bits per heavy atom. The Kier molecular flexibility index (Phi) is 8.91. The van der Waals surface area contributed by atoms with E-state index in [1.54, 1.807) is 11.0 Å². The average Bonchev–Trinajstić information content (AvgIpc) is 3.59. The molecule has 2 aromatic carbocycles. The first-order valence-electron chi connectivity index (χ1n) is 12.8. The van der Waals surface area contributed by atoms with Crippen molar-refractivity contribution in [1.82, 2.24) is 15.1 Å². The Hall–Kier alpha value is -2.15. The summed E-state index contributed by atoms with van der Waals surface area (Å²) in [5, 5.41) is 3.50. The molecule has 2 saturated heterocycles. The first-order valence-corrected chi connectivity index (χ1v) is 13.2. The highest BCUT2D eigenvalue weighted by Crippen LogP contribution is 2.34. The molecule has 1 aliphatic carbocycles. The van der Waals surface area contributed by atoms with Gasteiger partial charge < -0.3 is 15.1 Å². The number of halogens is 3. The van der Waals surface area contributed by atoms with E-state index >= 15 is 0 Å². The van der Waals surface area contributed by atoms with Crippen molar-refractivity contribution in [2.24, 2.45) is 17.8 Å².